The van der Waals surface area contributed by atoms with Gasteiger partial charge in [0.2, 0.25) is 0 Å². The molecular weight excluding hydrogens is 342 g/mol. The van der Waals surface area contributed by atoms with Gasteiger partial charge in [-0.15, -0.1) is 11.3 Å². The highest BCUT2D eigenvalue weighted by Crippen LogP contribution is 2.24. The number of benzene rings is 2. The maximum Gasteiger partial charge on any atom is 0.272 e. The largest absolute Gasteiger partial charge is 0.272 e. The van der Waals surface area contributed by atoms with Crippen molar-refractivity contribution in [1.82, 2.24) is 10.4 Å². The molecule has 2 aromatic carbocycles. The Morgan fingerprint density at radius 2 is 1.81 bits per heavy atom. The van der Waals surface area contributed by atoms with Crippen molar-refractivity contribution in [3.05, 3.63) is 88.6 Å². The van der Waals surface area contributed by atoms with E-state index >= 15 is 0 Å². The van der Waals surface area contributed by atoms with Crippen LogP contribution >= 0.6 is 11.3 Å². The molecule has 26 heavy (non-hydrogen) atoms. The Labute approximate surface area is 154 Å². The Hall–Kier alpha value is -3.31. The number of para-hydroxylation sites is 1. The molecule has 1 amide bonds. The van der Waals surface area contributed by atoms with Crippen molar-refractivity contribution in [2.45, 2.75) is 0 Å². The van der Waals surface area contributed by atoms with Gasteiger partial charge in [-0.2, -0.15) is 5.10 Å². The predicted molar refractivity (Wildman–Crippen MR) is 107 cm³/mol. The fourth-order valence-corrected chi connectivity index (χ4v) is 3.28. The summed E-state index contributed by atoms with van der Waals surface area (Å²) < 4.78 is 0. The Morgan fingerprint density at radius 3 is 2.62 bits per heavy atom. The number of hydrogen-bond acceptors (Lipinski definition) is 4. The van der Waals surface area contributed by atoms with Gasteiger partial charge in [0.15, 0.2) is 0 Å². The van der Waals surface area contributed by atoms with Gasteiger partial charge in [-0.05, 0) is 23.6 Å². The van der Waals surface area contributed by atoms with Gasteiger partial charge in [-0.3, -0.25) is 4.79 Å². The molecule has 2 aromatic heterocycles. The molecule has 0 spiro atoms. The molecule has 4 rings (SSSR count). The highest BCUT2D eigenvalue weighted by atomic mass is 32.1. The van der Waals surface area contributed by atoms with Crippen LogP contribution in [0.4, 0.5) is 0 Å². The molecule has 0 radical (unpaired) electrons. The predicted octanol–water partition coefficient (Wildman–Crippen LogP) is 4.73. The number of rotatable bonds is 4. The lowest BCUT2D eigenvalue weighted by molar-refractivity contribution is 0.0957. The quantitative estimate of drug-likeness (QED) is 0.424. The Bertz CT molecular complexity index is 1070. The van der Waals surface area contributed by atoms with Gasteiger partial charge in [-0.25, -0.2) is 10.4 Å². The van der Waals surface area contributed by atoms with E-state index in [1.807, 2.05) is 78.2 Å². The summed E-state index contributed by atoms with van der Waals surface area (Å²) >= 11 is 1.56. The maximum absolute atomic E-state index is 12.7. The van der Waals surface area contributed by atoms with E-state index in [0.717, 1.165) is 27.0 Å². The van der Waals surface area contributed by atoms with Crippen molar-refractivity contribution < 1.29 is 4.79 Å². The number of thiophene rings is 1. The molecule has 4 nitrogen and oxygen atoms in total. The fraction of sp³-hybridized carbons (Fsp3) is 0. The Balaban J connectivity index is 1.72. The lowest BCUT2D eigenvalue weighted by Gasteiger charge is -2.09. The second kappa shape index (κ2) is 7.29. The number of aromatic nitrogens is 1. The van der Waals surface area contributed by atoms with Gasteiger partial charge in [0, 0.05) is 15.8 Å². The number of nitrogens with one attached hydrogen (secondary N) is 1. The van der Waals surface area contributed by atoms with Gasteiger partial charge in [-0.1, -0.05) is 54.6 Å². The van der Waals surface area contributed by atoms with Gasteiger partial charge < -0.3 is 0 Å². The third kappa shape index (κ3) is 3.38. The van der Waals surface area contributed by atoms with Crippen LogP contribution in [-0.2, 0) is 0 Å². The highest BCUT2D eigenvalue weighted by molar-refractivity contribution is 7.11. The molecular formula is C21H15N3OS. The van der Waals surface area contributed by atoms with E-state index < -0.39 is 0 Å². The summed E-state index contributed by atoms with van der Waals surface area (Å²) in [5.74, 6) is -0.256. The van der Waals surface area contributed by atoms with Crippen molar-refractivity contribution in [3.63, 3.8) is 0 Å². The summed E-state index contributed by atoms with van der Waals surface area (Å²) in [6.07, 6.45) is 1.64. The molecule has 0 saturated heterocycles. The van der Waals surface area contributed by atoms with Crippen molar-refractivity contribution in [2.75, 3.05) is 0 Å². The van der Waals surface area contributed by atoms with Crippen LogP contribution in [0.3, 0.4) is 0 Å². The second-order valence-electron chi connectivity index (χ2n) is 5.65. The Morgan fingerprint density at radius 1 is 1.00 bits per heavy atom. The third-order valence-electron chi connectivity index (χ3n) is 3.93. The van der Waals surface area contributed by atoms with Crippen LogP contribution in [0.15, 0.2) is 83.3 Å². The van der Waals surface area contributed by atoms with Gasteiger partial charge >= 0.3 is 0 Å². The van der Waals surface area contributed by atoms with Crippen LogP contribution in [0.1, 0.15) is 15.2 Å². The normalized spacial score (nSPS) is 11.1. The van der Waals surface area contributed by atoms with Gasteiger partial charge in [0.1, 0.15) is 0 Å². The van der Waals surface area contributed by atoms with E-state index in [1.165, 1.54) is 0 Å². The van der Waals surface area contributed by atoms with Crippen LogP contribution in [0, 0.1) is 0 Å². The second-order valence-corrected chi connectivity index (χ2v) is 6.63. The van der Waals surface area contributed by atoms with Gasteiger partial charge in [0.25, 0.3) is 5.91 Å². The SMILES string of the molecule is O=C(N/N=C\c1cccs1)c1cc(-c2ccccc2)nc2ccccc12. The average Bonchev–Trinajstić information content (AvgIpc) is 3.21. The average molecular weight is 357 g/mol. The molecule has 0 aliphatic rings. The fourth-order valence-electron chi connectivity index (χ4n) is 2.70. The first-order valence-corrected chi connectivity index (χ1v) is 9.01. The number of carbonyl (C=O) groups is 1. The smallest absolute Gasteiger partial charge is 0.267 e. The summed E-state index contributed by atoms with van der Waals surface area (Å²) in [6, 6.07) is 23.1. The molecule has 0 aliphatic carbocycles. The number of pyridine rings is 1. The molecule has 0 fully saturated rings. The summed E-state index contributed by atoms with van der Waals surface area (Å²) in [5.41, 5.74) is 5.68. The summed E-state index contributed by atoms with van der Waals surface area (Å²) in [4.78, 5) is 18.4. The van der Waals surface area contributed by atoms with Crippen LogP contribution < -0.4 is 5.43 Å². The minimum absolute atomic E-state index is 0.256. The lowest BCUT2D eigenvalue weighted by atomic mass is 10.0. The van der Waals surface area contributed by atoms with Crippen LogP contribution in [0.5, 0.6) is 0 Å². The topological polar surface area (TPSA) is 54.4 Å². The molecule has 0 atom stereocenters. The van der Waals surface area contributed by atoms with E-state index in [-0.39, 0.29) is 5.91 Å². The maximum atomic E-state index is 12.7. The van der Waals surface area contributed by atoms with E-state index in [2.05, 4.69) is 10.5 Å². The molecule has 1 N–H and O–H groups in total. The molecule has 5 heteroatoms. The number of fused-ring (bicyclic) bond motifs is 1. The summed E-state index contributed by atoms with van der Waals surface area (Å²) in [5, 5.41) is 6.83. The molecule has 2 heterocycles. The van der Waals surface area contributed by atoms with Crippen molar-refractivity contribution in [2.24, 2.45) is 5.10 Å². The van der Waals surface area contributed by atoms with E-state index in [1.54, 1.807) is 17.6 Å². The first kappa shape index (κ1) is 16.2. The van der Waals surface area contributed by atoms with Gasteiger partial charge in [0.05, 0.1) is 23.0 Å². The van der Waals surface area contributed by atoms with Crippen molar-refractivity contribution in [1.29, 1.82) is 0 Å². The zero-order valence-electron chi connectivity index (χ0n) is 13.8. The molecule has 0 saturated carbocycles. The number of carbonyl (C=O) groups excluding carboxylic acids is 1. The zero-order valence-corrected chi connectivity index (χ0v) is 14.6. The summed E-state index contributed by atoms with van der Waals surface area (Å²) in [7, 11) is 0. The van der Waals surface area contributed by atoms with E-state index in [0.29, 0.717) is 5.56 Å². The first-order valence-electron chi connectivity index (χ1n) is 8.13. The van der Waals surface area contributed by atoms with Crippen LogP contribution in [0.2, 0.25) is 0 Å². The number of amides is 1. The lowest BCUT2D eigenvalue weighted by Crippen LogP contribution is -2.18. The number of hydrogen-bond donors (Lipinski definition) is 1. The molecule has 0 aliphatic heterocycles. The number of hydrazone groups is 1. The van der Waals surface area contributed by atoms with Crippen molar-refractivity contribution in [3.8, 4) is 11.3 Å². The highest BCUT2D eigenvalue weighted by Gasteiger charge is 2.13. The Kier molecular flexibility index (Phi) is 4.53. The third-order valence-corrected chi connectivity index (χ3v) is 4.74. The number of nitrogens with zero attached hydrogens (tertiary/aromatic N) is 2. The van der Waals surface area contributed by atoms with E-state index in [9.17, 15) is 4.79 Å². The zero-order chi connectivity index (χ0) is 17.8. The molecule has 0 unspecified atom stereocenters. The van der Waals surface area contributed by atoms with E-state index in [4.69, 9.17) is 4.98 Å². The standard InChI is InChI=1S/C21H15N3OS/c25-21(24-22-14-16-9-6-12-26-16)18-13-20(15-7-2-1-3-8-15)23-19-11-5-4-10-17(18)19/h1-14H,(H,24,25)/b22-14-. The van der Waals surface area contributed by atoms with Crippen LogP contribution in [0.25, 0.3) is 22.2 Å². The monoisotopic (exact) mass is 357 g/mol. The van der Waals surface area contributed by atoms with Crippen LogP contribution in [-0.4, -0.2) is 17.1 Å². The minimum atomic E-state index is -0.256. The molecule has 0 bridgehead atoms. The minimum Gasteiger partial charge on any atom is -0.267 e. The van der Waals surface area contributed by atoms with Crippen molar-refractivity contribution >= 4 is 34.4 Å². The summed E-state index contributed by atoms with van der Waals surface area (Å²) in [6.45, 7) is 0. The first-order chi connectivity index (χ1) is 12.8. The molecule has 126 valence electrons. The molecule has 4 aromatic rings.